The van der Waals surface area contributed by atoms with E-state index in [0.717, 1.165) is 58.7 Å². The molecule has 0 aliphatic rings. The molecule has 0 spiro atoms. The minimum atomic E-state index is 0.139. The first-order valence-electron chi connectivity index (χ1n) is 10.4. The molecule has 150 valence electrons. The summed E-state index contributed by atoms with van der Waals surface area (Å²) < 4.78 is 2.31. The van der Waals surface area contributed by atoms with Crippen LogP contribution in [0.2, 0.25) is 0 Å². The molecular formula is C24H29N5. The average Bonchev–Trinajstić information content (AvgIpc) is 3.03. The van der Waals surface area contributed by atoms with E-state index in [1.807, 2.05) is 0 Å². The minimum absolute atomic E-state index is 0.139. The highest BCUT2D eigenvalue weighted by atomic mass is 15.1. The molecule has 0 saturated heterocycles. The maximum absolute atomic E-state index is 4.87. The Bertz CT molecular complexity index is 1150. The number of benzene rings is 2. The van der Waals surface area contributed by atoms with Crippen LogP contribution in [0.15, 0.2) is 42.7 Å². The number of imidazole rings is 1. The van der Waals surface area contributed by atoms with Crippen molar-refractivity contribution >= 4 is 33.4 Å². The van der Waals surface area contributed by atoms with Crippen molar-refractivity contribution in [2.75, 3.05) is 5.32 Å². The van der Waals surface area contributed by atoms with Crippen molar-refractivity contribution in [2.45, 2.75) is 59.4 Å². The molecule has 0 fully saturated rings. The van der Waals surface area contributed by atoms with Crippen molar-refractivity contribution in [3.05, 3.63) is 54.1 Å². The standard InChI is InChI=1S/C24H29N5/c1-6-12-29-21-14-19-18(13-20(21)28-22(29)7-2)23(26-15-25-19)27-17-10-8-16(9-11-17)24(3,4)5/h8-11,13-15H,6-7,12H2,1-5H3,(H,25,26,27). The Labute approximate surface area is 172 Å². The van der Waals surface area contributed by atoms with Gasteiger partial charge in [-0.05, 0) is 41.7 Å². The van der Waals surface area contributed by atoms with Gasteiger partial charge in [-0.3, -0.25) is 0 Å². The van der Waals surface area contributed by atoms with E-state index in [1.165, 1.54) is 5.56 Å². The molecule has 0 amide bonds. The fourth-order valence-corrected chi connectivity index (χ4v) is 3.76. The van der Waals surface area contributed by atoms with E-state index in [9.17, 15) is 0 Å². The fraction of sp³-hybridized carbons (Fsp3) is 0.375. The van der Waals surface area contributed by atoms with Crippen LogP contribution in [0.1, 0.15) is 52.4 Å². The van der Waals surface area contributed by atoms with Crippen molar-refractivity contribution in [1.82, 2.24) is 19.5 Å². The van der Waals surface area contributed by atoms with Gasteiger partial charge >= 0.3 is 0 Å². The van der Waals surface area contributed by atoms with Gasteiger partial charge in [0.2, 0.25) is 0 Å². The molecule has 29 heavy (non-hydrogen) atoms. The number of fused-ring (bicyclic) bond motifs is 2. The topological polar surface area (TPSA) is 55.6 Å². The first-order valence-corrected chi connectivity index (χ1v) is 10.4. The first kappa shape index (κ1) is 19.4. The highest BCUT2D eigenvalue weighted by Gasteiger charge is 2.15. The summed E-state index contributed by atoms with van der Waals surface area (Å²) in [6, 6.07) is 12.8. The second-order valence-electron chi connectivity index (χ2n) is 8.57. The predicted octanol–water partition coefficient (Wildman–Crippen LogP) is 5.99. The van der Waals surface area contributed by atoms with Crippen molar-refractivity contribution < 1.29 is 0 Å². The Morgan fingerprint density at radius 3 is 2.38 bits per heavy atom. The van der Waals surface area contributed by atoms with Gasteiger partial charge in [-0.2, -0.15) is 0 Å². The number of aryl methyl sites for hydroxylation is 2. The quantitative estimate of drug-likeness (QED) is 0.457. The minimum Gasteiger partial charge on any atom is -0.340 e. The largest absolute Gasteiger partial charge is 0.340 e. The zero-order chi connectivity index (χ0) is 20.6. The van der Waals surface area contributed by atoms with Crippen LogP contribution in [-0.2, 0) is 18.4 Å². The monoisotopic (exact) mass is 387 g/mol. The zero-order valence-corrected chi connectivity index (χ0v) is 18.0. The van der Waals surface area contributed by atoms with Crippen LogP contribution in [0, 0.1) is 0 Å². The second kappa shape index (κ2) is 7.47. The van der Waals surface area contributed by atoms with Gasteiger partial charge in [0.15, 0.2) is 0 Å². The zero-order valence-electron chi connectivity index (χ0n) is 18.0. The summed E-state index contributed by atoms with van der Waals surface area (Å²) in [6.45, 7) is 12.0. The summed E-state index contributed by atoms with van der Waals surface area (Å²) in [6.07, 6.45) is 3.63. The maximum atomic E-state index is 4.87. The lowest BCUT2D eigenvalue weighted by atomic mass is 9.87. The Morgan fingerprint density at radius 2 is 1.72 bits per heavy atom. The second-order valence-corrected chi connectivity index (χ2v) is 8.57. The average molecular weight is 388 g/mol. The van der Waals surface area contributed by atoms with Crippen LogP contribution < -0.4 is 5.32 Å². The van der Waals surface area contributed by atoms with Crippen LogP contribution in [0.3, 0.4) is 0 Å². The highest BCUT2D eigenvalue weighted by molar-refractivity contribution is 5.99. The Kier molecular flexibility index (Phi) is 4.99. The number of hydrogen-bond donors (Lipinski definition) is 1. The van der Waals surface area contributed by atoms with E-state index >= 15 is 0 Å². The number of hydrogen-bond acceptors (Lipinski definition) is 4. The summed E-state index contributed by atoms with van der Waals surface area (Å²) in [5.41, 5.74) is 5.55. The van der Waals surface area contributed by atoms with E-state index in [2.05, 4.69) is 90.9 Å². The molecule has 0 unspecified atom stereocenters. The third kappa shape index (κ3) is 3.69. The van der Waals surface area contributed by atoms with E-state index < -0.39 is 0 Å². The number of rotatable bonds is 5. The van der Waals surface area contributed by atoms with Gasteiger partial charge < -0.3 is 9.88 Å². The molecule has 5 nitrogen and oxygen atoms in total. The molecule has 0 aliphatic carbocycles. The summed E-state index contributed by atoms with van der Waals surface area (Å²) in [7, 11) is 0. The van der Waals surface area contributed by atoms with Crippen LogP contribution in [0.5, 0.6) is 0 Å². The van der Waals surface area contributed by atoms with Gasteiger partial charge in [-0.1, -0.05) is 46.8 Å². The van der Waals surface area contributed by atoms with Crippen LogP contribution >= 0.6 is 0 Å². The van der Waals surface area contributed by atoms with Gasteiger partial charge in [0.05, 0.1) is 16.6 Å². The van der Waals surface area contributed by atoms with Crippen LogP contribution in [0.25, 0.3) is 21.9 Å². The van der Waals surface area contributed by atoms with Gasteiger partial charge in [0, 0.05) is 24.0 Å². The predicted molar refractivity (Wildman–Crippen MR) is 121 cm³/mol. The number of anilines is 2. The van der Waals surface area contributed by atoms with Gasteiger partial charge in [0.25, 0.3) is 0 Å². The van der Waals surface area contributed by atoms with Crippen molar-refractivity contribution in [3.63, 3.8) is 0 Å². The van der Waals surface area contributed by atoms with Gasteiger partial charge in [-0.25, -0.2) is 15.0 Å². The van der Waals surface area contributed by atoms with Crippen molar-refractivity contribution in [2.24, 2.45) is 0 Å². The Morgan fingerprint density at radius 1 is 0.966 bits per heavy atom. The first-order chi connectivity index (χ1) is 13.9. The molecule has 4 aromatic rings. The highest BCUT2D eigenvalue weighted by Crippen LogP contribution is 2.29. The Hall–Kier alpha value is -2.95. The third-order valence-corrected chi connectivity index (χ3v) is 5.36. The van der Waals surface area contributed by atoms with Crippen molar-refractivity contribution in [1.29, 1.82) is 0 Å². The summed E-state index contributed by atoms with van der Waals surface area (Å²) in [4.78, 5) is 13.9. The van der Waals surface area contributed by atoms with Crippen molar-refractivity contribution in [3.8, 4) is 0 Å². The molecule has 2 heterocycles. The van der Waals surface area contributed by atoms with Gasteiger partial charge in [-0.15, -0.1) is 0 Å². The smallest absolute Gasteiger partial charge is 0.141 e. The van der Waals surface area contributed by atoms with Gasteiger partial charge in [0.1, 0.15) is 18.0 Å². The lowest BCUT2D eigenvalue weighted by Crippen LogP contribution is -2.10. The van der Waals surface area contributed by atoms with Crippen LogP contribution in [-0.4, -0.2) is 19.5 Å². The molecule has 2 aromatic heterocycles. The molecular weight excluding hydrogens is 358 g/mol. The lowest BCUT2D eigenvalue weighted by Gasteiger charge is -2.19. The van der Waals surface area contributed by atoms with E-state index in [-0.39, 0.29) is 5.41 Å². The number of aromatic nitrogens is 4. The molecule has 2 aromatic carbocycles. The lowest BCUT2D eigenvalue weighted by molar-refractivity contribution is 0.590. The summed E-state index contributed by atoms with van der Waals surface area (Å²) in [5.74, 6) is 1.93. The number of nitrogens with one attached hydrogen (secondary N) is 1. The fourth-order valence-electron chi connectivity index (χ4n) is 3.76. The Balaban J connectivity index is 1.76. The maximum Gasteiger partial charge on any atom is 0.141 e. The summed E-state index contributed by atoms with van der Waals surface area (Å²) >= 11 is 0. The van der Waals surface area contributed by atoms with Crippen LogP contribution in [0.4, 0.5) is 11.5 Å². The molecule has 0 saturated carbocycles. The third-order valence-electron chi connectivity index (χ3n) is 5.36. The molecule has 1 N–H and O–H groups in total. The number of nitrogens with zero attached hydrogens (tertiary/aromatic N) is 4. The van der Waals surface area contributed by atoms with E-state index in [4.69, 9.17) is 4.98 Å². The van der Waals surface area contributed by atoms with E-state index in [1.54, 1.807) is 6.33 Å². The van der Waals surface area contributed by atoms with E-state index in [0.29, 0.717) is 0 Å². The molecule has 4 rings (SSSR count). The molecule has 0 bridgehead atoms. The molecule has 0 atom stereocenters. The summed E-state index contributed by atoms with van der Waals surface area (Å²) in [5, 5.41) is 4.45. The molecule has 0 radical (unpaired) electrons. The SMILES string of the molecule is CCCn1c(CC)nc2cc3c(Nc4ccc(C(C)(C)C)cc4)ncnc3cc21. The normalized spacial score (nSPS) is 12.0. The molecule has 0 aliphatic heterocycles. The molecule has 5 heteroatoms.